The summed E-state index contributed by atoms with van der Waals surface area (Å²) in [7, 11) is 0. The number of non-ortho nitro benzene ring substituents is 1. The zero-order valence-corrected chi connectivity index (χ0v) is 12.3. The number of benzene rings is 1. The molecule has 3 N–H and O–H groups in total. The Morgan fingerprint density at radius 2 is 2.10 bits per heavy atom. The van der Waals surface area contributed by atoms with Crippen LogP contribution in [-0.2, 0) is 0 Å². The maximum Gasteiger partial charge on any atom is 0.271 e. The minimum Gasteiger partial charge on any atom is -0.348 e. The lowest BCUT2D eigenvalue weighted by atomic mass is 9.98. The van der Waals surface area contributed by atoms with Gasteiger partial charge in [0, 0.05) is 35.3 Å². The second-order valence-electron chi connectivity index (χ2n) is 5.32. The van der Waals surface area contributed by atoms with Crippen LogP contribution in [-0.4, -0.2) is 23.4 Å². The summed E-state index contributed by atoms with van der Waals surface area (Å²) in [6.07, 6.45) is 4.41. The fraction of sp³-hybridized carbons (Fsp3) is 0.500. The summed E-state index contributed by atoms with van der Waals surface area (Å²) in [4.78, 5) is 22.5. The van der Waals surface area contributed by atoms with E-state index in [1.54, 1.807) is 0 Å². The molecule has 1 unspecified atom stereocenters. The molecule has 114 valence electrons. The number of carbonyl (C=O) groups is 1. The first-order chi connectivity index (χ1) is 10.0. The number of nitrogens with zero attached hydrogens (tertiary/aromatic N) is 1. The van der Waals surface area contributed by atoms with Crippen LogP contribution in [0.3, 0.4) is 0 Å². The molecule has 1 aromatic rings. The summed E-state index contributed by atoms with van der Waals surface area (Å²) in [5.41, 5.74) is 5.73. The molecule has 1 aliphatic rings. The van der Waals surface area contributed by atoms with E-state index >= 15 is 0 Å². The Labute approximate surface area is 127 Å². The predicted molar refractivity (Wildman–Crippen MR) is 80.4 cm³/mol. The molecule has 0 saturated heterocycles. The Bertz CT molecular complexity index is 544. The molecule has 0 spiro atoms. The van der Waals surface area contributed by atoms with Gasteiger partial charge in [-0.25, -0.2) is 0 Å². The van der Waals surface area contributed by atoms with Gasteiger partial charge in [-0.05, 0) is 24.8 Å². The fourth-order valence-corrected chi connectivity index (χ4v) is 3.02. The van der Waals surface area contributed by atoms with Crippen molar-refractivity contribution < 1.29 is 9.72 Å². The van der Waals surface area contributed by atoms with Crippen molar-refractivity contribution in [2.24, 2.45) is 11.7 Å². The molecule has 0 bridgehead atoms. The van der Waals surface area contributed by atoms with Crippen LogP contribution in [0.25, 0.3) is 0 Å². The Morgan fingerprint density at radius 3 is 2.67 bits per heavy atom. The van der Waals surface area contributed by atoms with Crippen molar-refractivity contribution in [1.82, 2.24) is 5.32 Å². The summed E-state index contributed by atoms with van der Waals surface area (Å²) < 4.78 is 0. The molecule has 2 rings (SSSR count). The van der Waals surface area contributed by atoms with E-state index < -0.39 is 4.92 Å². The SMILES string of the molecule is NCC(NC(=O)c1cc(Cl)cc([N+](=O)[O-])c1)C1CCCC1. The largest absolute Gasteiger partial charge is 0.348 e. The minimum atomic E-state index is -0.569. The van der Waals surface area contributed by atoms with Crippen molar-refractivity contribution in [1.29, 1.82) is 0 Å². The van der Waals surface area contributed by atoms with E-state index in [-0.39, 0.29) is 28.2 Å². The lowest BCUT2D eigenvalue weighted by molar-refractivity contribution is -0.384. The summed E-state index contributed by atoms with van der Waals surface area (Å²) in [5, 5.41) is 13.9. The van der Waals surface area contributed by atoms with Crippen LogP contribution in [0.4, 0.5) is 5.69 Å². The molecule has 0 aliphatic heterocycles. The topological polar surface area (TPSA) is 98.3 Å². The maximum absolute atomic E-state index is 12.2. The average Bonchev–Trinajstić information content (AvgIpc) is 2.97. The zero-order chi connectivity index (χ0) is 15.4. The number of halogens is 1. The summed E-state index contributed by atoms with van der Waals surface area (Å²) in [6, 6.07) is 3.77. The van der Waals surface area contributed by atoms with Gasteiger partial charge in [-0.2, -0.15) is 0 Å². The van der Waals surface area contributed by atoms with Gasteiger partial charge < -0.3 is 11.1 Å². The van der Waals surface area contributed by atoms with Crippen LogP contribution in [0, 0.1) is 16.0 Å². The number of hydrogen-bond acceptors (Lipinski definition) is 4. The number of hydrogen-bond donors (Lipinski definition) is 2. The highest BCUT2D eigenvalue weighted by Gasteiger charge is 2.26. The smallest absolute Gasteiger partial charge is 0.271 e. The van der Waals surface area contributed by atoms with Crippen molar-refractivity contribution >= 4 is 23.2 Å². The van der Waals surface area contributed by atoms with Crippen molar-refractivity contribution in [3.63, 3.8) is 0 Å². The minimum absolute atomic E-state index is 0.0990. The number of nitro groups is 1. The quantitative estimate of drug-likeness (QED) is 0.644. The highest BCUT2D eigenvalue weighted by Crippen LogP contribution is 2.28. The summed E-state index contributed by atoms with van der Waals surface area (Å²) in [6.45, 7) is 0.360. The molecule has 1 aliphatic carbocycles. The Morgan fingerprint density at radius 1 is 1.43 bits per heavy atom. The third-order valence-corrected chi connectivity index (χ3v) is 4.11. The standard InChI is InChI=1S/C14H18ClN3O3/c15-11-5-10(6-12(7-11)18(20)21)14(19)17-13(8-16)9-3-1-2-4-9/h5-7,9,13H,1-4,8,16H2,(H,17,19). The zero-order valence-electron chi connectivity index (χ0n) is 11.5. The van der Waals surface area contributed by atoms with Crippen LogP contribution < -0.4 is 11.1 Å². The van der Waals surface area contributed by atoms with Crippen LogP contribution in [0.2, 0.25) is 5.02 Å². The van der Waals surface area contributed by atoms with E-state index in [2.05, 4.69) is 5.32 Å². The molecule has 1 fully saturated rings. The van der Waals surface area contributed by atoms with E-state index in [0.717, 1.165) is 25.7 Å². The average molecular weight is 312 g/mol. The van der Waals surface area contributed by atoms with E-state index in [1.165, 1.54) is 18.2 Å². The first-order valence-electron chi connectivity index (χ1n) is 6.97. The second-order valence-corrected chi connectivity index (χ2v) is 5.75. The molecule has 21 heavy (non-hydrogen) atoms. The molecule has 0 aromatic heterocycles. The van der Waals surface area contributed by atoms with Crippen molar-refractivity contribution in [3.8, 4) is 0 Å². The number of rotatable bonds is 5. The number of nitrogens with two attached hydrogens (primary N) is 1. The highest BCUT2D eigenvalue weighted by molar-refractivity contribution is 6.31. The molecule has 1 amide bonds. The summed E-state index contributed by atoms with van der Waals surface area (Å²) >= 11 is 5.83. The normalized spacial score (nSPS) is 16.7. The van der Waals surface area contributed by atoms with Crippen molar-refractivity contribution in [3.05, 3.63) is 38.9 Å². The van der Waals surface area contributed by atoms with Gasteiger partial charge in [0.2, 0.25) is 0 Å². The molecule has 0 heterocycles. The lowest BCUT2D eigenvalue weighted by Crippen LogP contribution is -2.44. The molecule has 7 heteroatoms. The van der Waals surface area contributed by atoms with E-state index in [9.17, 15) is 14.9 Å². The Hall–Kier alpha value is -1.66. The van der Waals surface area contributed by atoms with Crippen LogP contribution in [0.15, 0.2) is 18.2 Å². The predicted octanol–water partition coefficient (Wildman–Crippen LogP) is 2.50. The Balaban J connectivity index is 2.13. The molecular weight excluding hydrogens is 294 g/mol. The van der Waals surface area contributed by atoms with Gasteiger partial charge in [-0.3, -0.25) is 14.9 Å². The molecule has 1 saturated carbocycles. The van der Waals surface area contributed by atoms with E-state index in [1.807, 2.05) is 0 Å². The van der Waals surface area contributed by atoms with Crippen LogP contribution in [0.1, 0.15) is 36.0 Å². The maximum atomic E-state index is 12.2. The first-order valence-corrected chi connectivity index (χ1v) is 7.35. The van der Waals surface area contributed by atoms with E-state index in [4.69, 9.17) is 17.3 Å². The number of amides is 1. The van der Waals surface area contributed by atoms with Crippen LogP contribution >= 0.6 is 11.6 Å². The van der Waals surface area contributed by atoms with Gasteiger partial charge in [0.05, 0.1) is 4.92 Å². The van der Waals surface area contributed by atoms with Gasteiger partial charge in [0.25, 0.3) is 11.6 Å². The van der Waals surface area contributed by atoms with Gasteiger partial charge in [-0.15, -0.1) is 0 Å². The fourth-order valence-electron chi connectivity index (χ4n) is 2.79. The number of nitro benzene ring substituents is 1. The van der Waals surface area contributed by atoms with Gasteiger partial charge in [-0.1, -0.05) is 24.4 Å². The summed E-state index contributed by atoms with van der Waals surface area (Å²) in [5.74, 6) is 0.0103. The Kier molecular flexibility index (Phi) is 5.14. The molecule has 1 atom stereocenters. The number of nitrogens with one attached hydrogen (secondary N) is 1. The van der Waals surface area contributed by atoms with Crippen molar-refractivity contribution in [2.45, 2.75) is 31.7 Å². The second kappa shape index (κ2) is 6.87. The number of carbonyl (C=O) groups excluding carboxylic acids is 1. The first kappa shape index (κ1) is 15.7. The van der Waals surface area contributed by atoms with Crippen LogP contribution in [0.5, 0.6) is 0 Å². The van der Waals surface area contributed by atoms with Gasteiger partial charge >= 0.3 is 0 Å². The molecule has 1 aromatic carbocycles. The monoisotopic (exact) mass is 311 g/mol. The molecule has 6 nitrogen and oxygen atoms in total. The molecule has 0 radical (unpaired) electrons. The third kappa shape index (κ3) is 3.92. The molecular formula is C14H18ClN3O3. The van der Waals surface area contributed by atoms with E-state index in [0.29, 0.717) is 12.5 Å². The van der Waals surface area contributed by atoms with Gasteiger partial charge in [0.15, 0.2) is 0 Å². The third-order valence-electron chi connectivity index (χ3n) is 3.89. The van der Waals surface area contributed by atoms with Gasteiger partial charge in [0.1, 0.15) is 0 Å². The lowest BCUT2D eigenvalue weighted by Gasteiger charge is -2.23. The van der Waals surface area contributed by atoms with Crippen molar-refractivity contribution in [2.75, 3.05) is 6.54 Å². The highest BCUT2D eigenvalue weighted by atomic mass is 35.5.